The average molecular weight is 363 g/mol. The number of hydrogen-bond donors (Lipinski definition) is 2. The Morgan fingerprint density at radius 3 is 2.88 bits per heavy atom. The van der Waals surface area contributed by atoms with E-state index in [0.29, 0.717) is 19.5 Å². The largest absolute Gasteiger partial charge is 0.364 e. The number of nitrogens with zero attached hydrogens (tertiary/aromatic N) is 2. The minimum absolute atomic E-state index is 0.0302. The van der Waals surface area contributed by atoms with E-state index in [1.165, 1.54) is 11.3 Å². The van der Waals surface area contributed by atoms with Gasteiger partial charge in [-0.3, -0.25) is 14.9 Å². The molecule has 0 radical (unpaired) electrons. The van der Waals surface area contributed by atoms with Gasteiger partial charge < -0.3 is 15.1 Å². The topological polar surface area (TPSA) is 81.8 Å². The Morgan fingerprint density at radius 1 is 1.28 bits per heavy atom. The first-order valence-corrected chi connectivity index (χ1v) is 8.83. The number of rotatable bonds is 3. The molecule has 2 saturated heterocycles. The molecule has 2 fully saturated rings. The van der Waals surface area contributed by atoms with Crippen molar-refractivity contribution in [2.24, 2.45) is 0 Å². The van der Waals surface area contributed by atoms with Gasteiger partial charge in [-0.1, -0.05) is 17.7 Å². The van der Waals surface area contributed by atoms with Gasteiger partial charge in [-0.2, -0.15) is 0 Å². The number of imide groups is 1. The number of hydrogen-bond acceptors (Lipinski definition) is 4. The quantitative estimate of drug-likeness (QED) is 0.783. The van der Waals surface area contributed by atoms with Crippen LogP contribution in [-0.4, -0.2) is 54.5 Å². The molecule has 4 amide bonds. The fraction of sp³-hybridized carbons (Fsp3) is 0.471. The van der Waals surface area contributed by atoms with Crippen LogP contribution in [0.15, 0.2) is 18.2 Å². The number of halogens is 1. The van der Waals surface area contributed by atoms with Crippen molar-refractivity contribution >= 4 is 35.1 Å². The second-order valence-electron chi connectivity index (χ2n) is 6.72. The van der Waals surface area contributed by atoms with E-state index in [2.05, 4.69) is 21.6 Å². The number of nitrogens with one attached hydrogen (secondary N) is 2. The summed E-state index contributed by atoms with van der Waals surface area (Å²) >= 11 is 6.11. The van der Waals surface area contributed by atoms with Gasteiger partial charge in [0.1, 0.15) is 6.04 Å². The molecule has 2 atom stereocenters. The van der Waals surface area contributed by atoms with Crippen molar-refractivity contribution < 1.29 is 14.4 Å². The predicted octanol–water partition coefficient (Wildman–Crippen LogP) is 0.901. The predicted molar refractivity (Wildman–Crippen MR) is 92.6 cm³/mol. The first kappa shape index (κ1) is 16.2. The van der Waals surface area contributed by atoms with Crippen molar-refractivity contribution in [3.8, 4) is 0 Å². The van der Waals surface area contributed by atoms with Crippen LogP contribution in [-0.2, 0) is 16.0 Å². The molecule has 2 N–H and O–H groups in total. The van der Waals surface area contributed by atoms with Crippen LogP contribution in [0.1, 0.15) is 18.4 Å². The maximum Gasteiger partial charge on any atom is 0.322 e. The van der Waals surface area contributed by atoms with E-state index in [4.69, 9.17) is 11.6 Å². The number of piperazine rings is 1. The van der Waals surface area contributed by atoms with E-state index >= 15 is 0 Å². The van der Waals surface area contributed by atoms with Gasteiger partial charge in [-0.25, -0.2) is 4.79 Å². The van der Waals surface area contributed by atoms with Crippen molar-refractivity contribution in [1.29, 1.82) is 0 Å². The summed E-state index contributed by atoms with van der Waals surface area (Å²) in [6.45, 7) is 2.11. The van der Waals surface area contributed by atoms with E-state index in [1.807, 2.05) is 17.0 Å². The summed E-state index contributed by atoms with van der Waals surface area (Å²) in [6, 6.07) is 5.15. The maximum atomic E-state index is 12.5. The zero-order valence-corrected chi connectivity index (χ0v) is 14.4. The Balaban J connectivity index is 1.35. The Morgan fingerprint density at radius 2 is 2.12 bits per heavy atom. The van der Waals surface area contributed by atoms with Crippen LogP contribution in [0, 0.1) is 0 Å². The molecule has 8 heteroatoms. The third-order valence-corrected chi connectivity index (χ3v) is 5.39. The van der Waals surface area contributed by atoms with Crippen LogP contribution < -0.4 is 15.5 Å². The Kier molecular flexibility index (Phi) is 4.03. The van der Waals surface area contributed by atoms with Gasteiger partial charge in [0.05, 0.1) is 6.04 Å². The van der Waals surface area contributed by atoms with Gasteiger partial charge in [0.25, 0.3) is 5.91 Å². The number of carbonyl (C=O) groups is 3. The molecule has 3 heterocycles. The number of benzene rings is 1. The van der Waals surface area contributed by atoms with Gasteiger partial charge in [0.2, 0.25) is 5.91 Å². The van der Waals surface area contributed by atoms with Crippen LogP contribution in [0.2, 0.25) is 5.02 Å². The number of carbonyl (C=O) groups excluding carboxylic acids is 3. The summed E-state index contributed by atoms with van der Waals surface area (Å²) in [5, 5.41) is 5.44. The Hall–Kier alpha value is -2.28. The fourth-order valence-corrected chi connectivity index (χ4v) is 4.06. The lowest BCUT2D eigenvalue weighted by Crippen LogP contribution is -2.53. The van der Waals surface area contributed by atoms with Crippen molar-refractivity contribution in [3.63, 3.8) is 0 Å². The van der Waals surface area contributed by atoms with Crippen molar-refractivity contribution in [3.05, 3.63) is 28.8 Å². The molecule has 1 aromatic carbocycles. The standard InChI is InChI=1S/C17H19ClN4O3/c18-11-2-1-10-7-12-9-21(5-6-22(12)14(10)8-11)15(23)4-3-13-16(24)20-17(25)19-13/h1-2,8,12-13H,3-7,9H2,(H2,19,20,24,25). The summed E-state index contributed by atoms with van der Waals surface area (Å²) in [7, 11) is 0. The van der Waals surface area contributed by atoms with Crippen molar-refractivity contribution in [2.45, 2.75) is 31.3 Å². The van der Waals surface area contributed by atoms with E-state index in [0.717, 1.165) is 18.0 Å². The minimum Gasteiger partial charge on any atom is -0.364 e. The molecule has 0 saturated carbocycles. The van der Waals surface area contributed by atoms with Gasteiger partial charge in [0.15, 0.2) is 0 Å². The molecule has 3 aliphatic rings. The third-order valence-electron chi connectivity index (χ3n) is 5.15. The van der Waals surface area contributed by atoms with Crippen LogP contribution in [0.4, 0.5) is 10.5 Å². The van der Waals surface area contributed by atoms with Crippen LogP contribution in [0.3, 0.4) is 0 Å². The van der Waals surface area contributed by atoms with Gasteiger partial charge >= 0.3 is 6.03 Å². The summed E-state index contributed by atoms with van der Waals surface area (Å²) in [6.07, 6.45) is 1.50. The first-order valence-electron chi connectivity index (χ1n) is 8.45. The summed E-state index contributed by atoms with van der Waals surface area (Å²) in [4.78, 5) is 39.3. The molecule has 0 bridgehead atoms. The van der Waals surface area contributed by atoms with Gasteiger partial charge in [-0.15, -0.1) is 0 Å². The number of urea groups is 1. The molecule has 4 rings (SSSR count). The molecular formula is C17H19ClN4O3. The van der Waals surface area contributed by atoms with Crippen molar-refractivity contribution in [2.75, 3.05) is 24.5 Å². The maximum absolute atomic E-state index is 12.5. The second-order valence-corrected chi connectivity index (χ2v) is 7.15. The Bertz CT molecular complexity index is 753. The molecule has 1 aromatic rings. The van der Waals surface area contributed by atoms with E-state index < -0.39 is 12.1 Å². The number of fused-ring (bicyclic) bond motifs is 3. The van der Waals surface area contributed by atoms with Gasteiger partial charge in [0, 0.05) is 36.8 Å². The zero-order valence-electron chi connectivity index (χ0n) is 13.6. The molecule has 3 aliphatic heterocycles. The summed E-state index contributed by atoms with van der Waals surface area (Å²) in [5.41, 5.74) is 2.45. The highest BCUT2D eigenvalue weighted by Crippen LogP contribution is 2.36. The highest BCUT2D eigenvalue weighted by atomic mass is 35.5. The Labute approximate surface area is 150 Å². The smallest absolute Gasteiger partial charge is 0.322 e. The summed E-state index contributed by atoms with van der Waals surface area (Å²) in [5.74, 6) is -0.326. The van der Waals surface area contributed by atoms with E-state index in [9.17, 15) is 14.4 Å². The van der Waals surface area contributed by atoms with Crippen molar-refractivity contribution in [1.82, 2.24) is 15.5 Å². The third kappa shape index (κ3) is 3.04. The molecule has 0 aliphatic carbocycles. The lowest BCUT2D eigenvalue weighted by Gasteiger charge is -2.39. The second kappa shape index (κ2) is 6.22. The molecule has 132 valence electrons. The number of amides is 4. The van der Waals surface area contributed by atoms with Crippen LogP contribution in [0.5, 0.6) is 0 Å². The first-order chi connectivity index (χ1) is 12.0. The molecule has 0 spiro atoms. The zero-order chi connectivity index (χ0) is 17.6. The monoisotopic (exact) mass is 362 g/mol. The average Bonchev–Trinajstić information content (AvgIpc) is 3.10. The normalized spacial score (nSPS) is 24.7. The van der Waals surface area contributed by atoms with Crippen LogP contribution in [0.25, 0.3) is 0 Å². The number of anilines is 1. The molecule has 2 unspecified atom stereocenters. The molecule has 7 nitrogen and oxygen atoms in total. The lowest BCUT2D eigenvalue weighted by atomic mass is 10.1. The fourth-order valence-electron chi connectivity index (χ4n) is 3.89. The minimum atomic E-state index is -0.601. The van der Waals surface area contributed by atoms with E-state index in [1.54, 1.807) is 0 Å². The highest BCUT2D eigenvalue weighted by Gasteiger charge is 2.36. The molecule has 25 heavy (non-hydrogen) atoms. The lowest BCUT2D eigenvalue weighted by molar-refractivity contribution is -0.132. The molecular weight excluding hydrogens is 344 g/mol. The summed E-state index contributed by atoms with van der Waals surface area (Å²) < 4.78 is 0. The van der Waals surface area contributed by atoms with Crippen LogP contribution >= 0.6 is 11.6 Å². The molecule has 0 aromatic heterocycles. The highest BCUT2D eigenvalue weighted by molar-refractivity contribution is 6.30. The SMILES string of the molecule is O=C1NC(=O)C(CCC(=O)N2CCN3c4cc(Cl)ccc4CC3C2)N1. The van der Waals surface area contributed by atoms with E-state index in [-0.39, 0.29) is 24.3 Å². The van der Waals surface area contributed by atoms with Gasteiger partial charge in [-0.05, 0) is 30.5 Å².